The van der Waals surface area contributed by atoms with Crippen LogP contribution in [-0.4, -0.2) is 4.57 Å². The van der Waals surface area contributed by atoms with Crippen LogP contribution in [0.1, 0.15) is 0 Å². The Morgan fingerprint density at radius 3 is 1.79 bits per heavy atom. The first-order chi connectivity index (χ1) is 18.8. The van der Waals surface area contributed by atoms with Crippen LogP contribution in [0.15, 0.2) is 152 Å². The molecule has 0 radical (unpaired) electrons. The monoisotopic (exact) mass is 486 g/mol. The predicted molar refractivity (Wildman–Crippen MR) is 161 cm³/mol. The first kappa shape index (κ1) is 22.1. The standard InChI is InChI=1S/C36H26N2/c1-3-10-26(11-4-1)28-12-9-13-31(24-28)37-30-21-18-27(19-22-30)29-20-23-36-34(25-29)33-16-7-8-17-35(33)38(36)32-14-5-2-6-15-32/h1-25,37H. The molecule has 1 aromatic heterocycles. The molecular weight excluding hydrogens is 460 g/mol. The summed E-state index contributed by atoms with van der Waals surface area (Å²) in [6.07, 6.45) is 0. The largest absolute Gasteiger partial charge is 0.356 e. The Bertz CT molecular complexity index is 1860. The van der Waals surface area contributed by atoms with Crippen molar-refractivity contribution < 1.29 is 0 Å². The quantitative estimate of drug-likeness (QED) is 0.256. The highest BCUT2D eigenvalue weighted by Gasteiger charge is 2.13. The van der Waals surface area contributed by atoms with E-state index in [1.807, 2.05) is 6.07 Å². The summed E-state index contributed by atoms with van der Waals surface area (Å²) in [6.45, 7) is 0. The lowest BCUT2D eigenvalue weighted by atomic mass is 10.0. The molecular formula is C36H26N2. The molecule has 0 unspecified atom stereocenters. The summed E-state index contributed by atoms with van der Waals surface area (Å²) in [5, 5.41) is 6.10. The number of para-hydroxylation sites is 2. The lowest BCUT2D eigenvalue weighted by Gasteiger charge is -2.10. The van der Waals surface area contributed by atoms with Gasteiger partial charge >= 0.3 is 0 Å². The topological polar surface area (TPSA) is 17.0 Å². The third-order valence-corrected chi connectivity index (χ3v) is 7.16. The van der Waals surface area contributed by atoms with Gasteiger partial charge < -0.3 is 9.88 Å². The van der Waals surface area contributed by atoms with E-state index in [1.54, 1.807) is 0 Å². The number of rotatable bonds is 5. The summed E-state index contributed by atoms with van der Waals surface area (Å²) in [4.78, 5) is 0. The van der Waals surface area contributed by atoms with Gasteiger partial charge in [0.05, 0.1) is 11.0 Å². The number of aromatic nitrogens is 1. The minimum absolute atomic E-state index is 1.07. The van der Waals surface area contributed by atoms with Crippen molar-refractivity contribution in [2.45, 2.75) is 0 Å². The van der Waals surface area contributed by atoms with E-state index in [0.717, 1.165) is 11.4 Å². The fraction of sp³-hybridized carbons (Fsp3) is 0. The summed E-state index contributed by atoms with van der Waals surface area (Å²) < 4.78 is 2.35. The van der Waals surface area contributed by atoms with Crippen molar-refractivity contribution in [1.29, 1.82) is 0 Å². The van der Waals surface area contributed by atoms with Gasteiger partial charge in [-0.1, -0.05) is 97.1 Å². The molecule has 0 bridgehead atoms. The summed E-state index contributed by atoms with van der Waals surface area (Å²) in [7, 11) is 0. The van der Waals surface area contributed by atoms with Gasteiger partial charge in [-0.05, 0) is 76.9 Å². The Morgan fingerprint density at radius 1 is 0.368 bits per heavy atom. The molecule has 38 heavy (non-hydrogen) atoms. The summed E-state index contributed by atoms with van der Waals surface area (Å²) in [6, 6.07) is 53.8. The Morgan fingerprint density at radius 2 is 0.974 bits per heavy atom. The first-order valence-corrected chi connectivity index (χ1v) is 13.0. The molecule has 0 saturated carbocycles. The molecule has 0 saturated heterocycles. The van der Waals surface area contributed by atoms with Crippen molar-refractivity contribution in [3.05, 3.63) is 152 Å². The number of hydrogen-bond acceptors (Lipinski definition) is 1. The average molecular weight is 487 g/mol. The zero-order valence-electron chi connectivity index (χ0n) is 20.9. The van der Waals surface area contributed by atoms with Crippen molar-refractivity contribution in [2.24, 2.45) is 0 Å². The maximum absolute atomic E-state index is 3.56. The van der Waals surface area contributed by atoms with Crippen LogP contribution in [0.4, 0.5) is 11.4 Å². The molecule has 1 heterocycles. The molecule has 0 aliphatic rings. The van der Waals surface area contributed by atoms with E-state index < -0.39 is 0 Å². The number of benzene rings is 6. The second-order valence-electron chi connectivity index (χ2n) is 9.57. The van der Waals surface area contributed by atoms with Crippen LogP contribution in [0.5, 0.6) is 0 Å². The summed E-state index contributed by atoms with van der Waals surface area (Å²) in [5.74, 6) is 0. The molecule has 180 valence electrons. The van der Waals surface area contributed by atoms with Crippen LogP contribution < -0.4 is 5.32 Å². The number of nitrogens with zero attached hydrogens (tertiary/aromatic N) is 1. The molecule has 7 rings (SSSR count). The number of anilines is 2. The molecule has 0 aliphatic carbocycles. The fourth-order valence-corrected chi connectivity index (χ4v) is 5.33. The van der Waals surface area contributed by atoms with E-state index in [9.17, 15) is 0 Å². The minimum Gasteiger partial charge on any atom is -0.356 e. The van der Waals surface area contributed by atoms with E-state index in [4.69, 9.17) is 0 Å². The zero-order valence-corrected chi connectivity index (χ0v) is 20.9. The summed E-state index contributed by atoms with van der Waals surface area (Å²) >= 11 is 0. The van der Waals surface area contributed by atoms with Gasteiger partial charge in [0.15, 0.2) is 0 Å². The minimum atomic E-state index is 1.07. The van der Waals surface area contributed by atoms with E-state index >= 15 is 0 Å². The third-order valence-electron chi connectivity index (χ3n) is 7.16. The van der Waals surface area contributed by atoms with Crippen LogP contribution in [0.3, 0.4) is 0 Å². The molecule has 6 aromatic carbocycles. The number of fused-ring (bicyclic) bond motifs is 3. The highest BCUT2D eigenvalue weighted by atomic mass is 15.0. The molecule has 0 spiro atoms. The van der Waals surface area contributed by atoms with Crippen LogP contribution in [0.25, 0.3) is 49.7 Å². The zero-order chi connectivity index (χ0) is 25.3. The smallest absolute Gasteiger partial charge is 0.0541 e. The number of hydrogen-bond donors (Lipinski definition) is 1. The molecule has 0 atom stereocenters. The van der Waals surface area contributed by atoms with Crippen molar-refractivity contribution in [3.8, 4) is 27.9 Å². The molecule has 1 N–H and O–H groups in total. The molecule has 0 aliphatic heterocycles. The predicted octanol–water partition coefficient (Wildman–Crippen LogP) is 9.86. The van der Waals surface area contributed by atoms with E-state index in [-0.39, 0.29) is 0 Å². The first-order valence-electron chi connectivity index (χ1n) is 13.0. The van der Waals surface area contributed by atoms with Gasteiger partial charge in [-0.15, -0.1) is 0 Å². The third kappa shape index (κ3) is 4.03. The second kappa shape index (κ2) is 9.42. The highest BCUT2D eigenvalue weighted by Crippen LogP contribution is 2.35. The van der Waals surface area contributed by atoms with Crippen LogP contribution in [0, 0.1) is 0 Å². The van der Waals surface area contributed by atoms with Gasteiger partial charge in [-0.2, -0.15) is 0 Å². The molecule has 2 nitrogen and oxygen atoms in total. The highest BCUT2D eigenvalue weighted by molar-refractivity contribution is 6.10. The van der Waals surface area contributed by atoms with Gasteiger partial charge in [0.2, 0.25) is 0 Å². The number of nitrogens with one attached hydrogen (secondary N) is 1. The maximum atomic E-state index is 3.56. The molecule has 0 amide bonds. The van der Waals surface area contributed by atoms with Gasteiger partial charge in [-0.3, -0.25) is 0 Å². The maximum Gasteiger partial charge on any atom is 0.0541 e. The van der Waals surface area contributed by atoms with E-state index in [1.165, 1.54) is 49.7 Å². The SMILES string of the molecule is c1ccc(-c2cccc(Nc3ccc(-c4ccc5c(c4)c4ccccc4n5-c4ccccc4)cc3)c2)cc1. The average Bonchev–Trinajstić information content (AvgIpc) is 3.32. The van der Waals surface area contributed by atoms with Gasteiger partial charge in [0, 0.05) is 27.8 Å². The Labute approximate surface area is 222 Å². The van der Waals surface area contributed by atoms with Crippen molar-refractivity contribution >= 4 is 33.2 Å². The normalized spacial score (nSPS) is 11.2. The molecule has 0 fully saturated rings. The van der Waals surface area contributed by atoms with Crippen LogP contribution >= 0.6 is 0 Å². The Balaban J connectivity index is 1.21. The van der Waals surface area contributed by atoms with Crippen molar-refractivity contribution in [2.75, 3.05) is 5.32 Å². The van der Waals surface area contributed by atoms with E-state index in [2.05, 4.69) is 155 Å². The Kier molecular flexibility index (Phi) is 5.49. The van der Waals surface area contributed by atoms with Gasteiger partial charge in [0.25, 0.3) is 0 Å². The van der Waals surface area contributed by atoms with Crippen LogP contribution in [0.2, 0.25) is 0 Å². The lowest BCUT2D eigenvalue weighted by Crippen LogP contribution is -1.93. The van der Waals surface area contributed by atoms with Crippen molar-refractivity contribution in [1.82, 2.24) is 4.57 Å². The van der Waals surface area contributed by atoms with Crippen LogP contribution in [-0.2, 0) is 0 Å². The summed E-state index contributed by atoms with van der Waals surface area (Å²) in [5.41, 5.74) is 10.6. The van der Waals surface area contributed by atoms with E-state index in [0.29, 0.717) is 0 Å². The second-order valence-corrected chi connectivity index (χ2v) is 9.57. The molecule has 2 heteroatoms. The molecule has 7 aromatic rings. The van der Waals surface area contributed by atoms with Crippen molar-refractivity contribution in [3.63, 3.8) is 0 Å². The Hall–Kier alpha value is -5.08. The fourth-order valence-electron chi connectivity index (χ4n) is 5.33. The van der Waals surface area contributed by atoms with Gasteiger partial charge in [0.1, 0.15) is 0 Å². The lowest BCUT2D eigenvalue weighted by molar-refractivity contribution is 1.18. The van der Waals surface area contributed by atoms with Gasteiger partial charge in [-0.25, -0.2) is 0 Å².